The average molecular weight is 433 g/mol. The minimum absolute atomic E-state index is 0.0159. The van der Waals surface area contributed by atoms with Gasteiger partial charge in [0.25, 0.3) is 0 Å². The number of hydrogen-bond acceptors (Lipinski definition) is 3. The highest BCUT2D eigenvalue weighted by atomic mass is 16.2. The van der Waals surface area contributed by atoms with Gasteiger partial charge in [-0.1, -0.05) is 73.9 Å². The topological polar surface area (TPSA) is 57.7 Å². The fraction of sp³-hybridized carbons (Fsp3) is 0.444. The first-order valence-corrected chi connectivity index (χ1v) is 11.7. The number of hydrogen-bond donors (Lipinski definition) is 0. The van der Waals surface area contributed by atoms with Crippen molar-refractivity contribution < 1.29 is 14.4 Å². The summed E-state index contributed by atoms with van der Waals surface area (Å²) in [6, 6.07) is 17.2. The normalized spacial score (nSPS) is 22.0. The first-order chi connectivity index (χ1) is 15.5. The molecule has 168 valence electrons. The zero-order valence-electron chi connectivity index (χ0n) is 18.9. The van der Waals surface area contributed by atoms with Gasteiger partial charge in [-0.05, 0) is 36.5 Å². The number of carbonyl (C=O) groups excluding carboxylic acids is 3. The molecule has 0 aliphatic carbocycles. The van der Waals surface area contributed by atoms with Crippen molar-refractivity contribution in [3.8, 4) is 0 Å². The maximum absolute atomic E-state index is 13.9. The van der Waals surface area contributed by atoms with Crippen LogP contribution >= 0.6 is 0 Å². The van der Waals surface area contributed by atoms with Gasteiger partial charge in [0.05, 0.1) is 12.0 Å². The third-order valence-corrected chi connectivity index (χ3v) is 6.91. The molecule has 0 radical (unpaired) electrons. The van der Waals surface area contributed by atoms with Gasteiger partial charge in [-0.3, -0.25) is 19.3 Å². The zero-order valence-corrected chi connectivity index (χ0v) is 18.9. The summed E-state index contributed by atoms with van der Waals surface area (Å²) in [5.74, 6) is -0.471. The maximum atomic E-state index is 13.9. The van der Waals surface area contributed by atoms with Crippen molar-refractivity contribution in [2.24, 2.45) is 0 Å². The number of nitrogens with zero attached hydrogens (tertiary/aromatic N) is 2. The van der Waals surface area contributed by atoms with Gasteiger partial charge in [0.1, 0.15) is 0 Å². The molecule has 0 bridgehead atoms. The van der Waals surface area contributed by atoms with Crippen molar-refractivity contribution in [1.29, 1.82) is 0 Å². The van der Waals surface area contributed by atoms with Crippen molar-refractivity contribution in [1.82, 2.24) is 9.80 Å². The predicted octanol–water partition coefficient (Wildman–Crippen LogP) is 4.37. The number of carbonyl (C=O) groups is 3. The van der Waals surface area contributed by atoms with E-state index in [0.29, 0.717) is 0 Å². The van der Waals surface area contributed by atoms with Gasteiger partial charge in [-0.2, -0.15) is 0 Å². The molecule has 3 amide bonds. The second-order valence-electron chi connectivity index (χ2n) is 9.17. The van der Waals surface area contributed by atoms with Crippen LogP contribution < -0.4 is 0 Å². The molecule has 5 heteroatoms. The van der Waals surface area contributed by atoms with E-state index in [4.69, 9.17) is 0 Å². The number of rotatable bonds is 5. The van der Waals surface area contributed by atoms with Crippen LogP contribution in [0.15, 0.2) is 54.6 Å². The SMILES string of the molecule is Cc1ccccc1[C@@]1(CC(=O)N2CCCCCCC2)CC(=O)N(Cc2ccccc2)C1=O. The summed E-state index contributed by atoms with van der Waals surface area (Å²) in [6.07, 6.45) is 5.57. The van der Waals surface area contributed by atoms with Crippen LogP contribution in [0.2, 0.25) is 0 Å². The van der Waals surface area contributed by atoms with Crippen LogP contribution in [-0.4, -0.2) is 40.6 Å². The Hall–Kier alpha value is -2.95. The number of aryl methyl sites for hydroxylation is 1. The van der Waals surface area contributed by atoms with Gasteiger partial charge in [-0.15, -0.1) is 0 Å². The Labute approximate surface area is 190 Å². The molecule has 2 aliphatic rings. The molecule has 32 heavy (non-hydrogen) atoms. The zero-order chi connectivity index (χ0) is 22.6. The number of amides is 3. The van der Waals surface area contributed by atoms with E-state index in [0.717, 1.165) is 55.5 Å². The average Bonchev–Trinajstić information content (AvgIpc) is 2.99. The highest BCUT2D eigenvalue weighted by Crippen LogP contribution is 2.42. The summed E-state index contributed by atoms with van der Waals surface area (Å²) in [5, 5.41) is 0. The largest absolute Gasteiger partial charge is 0.343 e. The molecule has 0 unspecified atom stereocenters. The Morgan fingerprint density at radius 2 is 1.50 bits per heavy atom. The lowest BCUT2D eigenvalue weighted by Crippen LogP contribution is -2.44. The molecule has 5 nitrogen and oxygen atoms in total. The molecule has 0 aromatic heterocycles. The van der Waals surface area contributed by atoms with Crippen molar-refractivity contribution in [3.05, 3.63) is 71.3 Å². The van der Waals surface area contributed by atoms with Gasteiger partial charge in [0.2, 0.25) is 17.7 Å². The van der Waals surface area contributed by atoms with Crippen LogP contribution in [0, 0.1) is 6.92 Å². The van der Waals surface area contributed by atoms with E-state index >= 15 is 0 Å². The summed E-state index contributed by atoms with van der Waals surface area (Å²) in [5.41, 5.74) is 1.52. The summed E-state index contributed by atoms with van der Waals surface area (Å²) in [7, 11) is 0. The molecular weight excluding hydrogens is 400 g/mol. The van der Waals surface area contributed by atoms with Crippen LogP contribution in [0.1, 0.15) is 61.6 Å². The van der Waals surface area contributed by atoms with E-state index in [-0.39, 0.29) is 37.1 Å². The number of benzene rings is 2. The van der Waals surface area contributed by atoms with Crippen LogP contribution in [0.25, 0.3) is 0 Å². The monoisotopic (exact) mass is 432 g/mol. The molecule has 0 saturated carbocycles. The Morgan fingerprint density at radius 1 is 0.875 bits per heavy atom. The summed E-state index contributed by atoms with van der Waals surface area (Å²) >= 11 is 0. The summed E-state index contributed by atoms with van der Waals surface area (Å²) < 4.78 is 0. The Bertz CT molecular complexity index is 979. The van der Waals surface area contributed by atoms with Crippen molar-refractivity contribution >= 4 is 17.7 Å². The molecule has 2 heterocycles. The third-order valence-electron chi connectivity index (χ3n) is 6.91. The molecule has 0 spiro atoms. The standard InChI is InChI=1S/C27H32N2O3/c1-21-12-8-9-15-23(21)27(18-24(30)28-16-10-3-2-4-11-17-28)19-25(31)29(26(27)32)20-22-13-6-5-7-14-22/h5-9,12-15H,2-4,10-11,16-20H2,1H3/t27-/m1/s1. The minimum atomic E-state index is -1.13. The van der Waals surface area contributed by atoms with Gasteiger partial charge in [-0.25, -0.2) is 0 Å². The van der Waals surface area contributed by atoms with E-state index in [2.05, 4.69) is 0 Å². The smallest absolute Gasteiger partial charge is 0.241 e. The van der Waals surface area contributed by atoms with Crippen LogP contribution in [-0.2, 0) is 26.3 Å². The van der Waals surface area contributed by atoms with Crippen LogP contribution in [0.5, 0.6) is 0 Å². The molecule has 2 aliphatic heterocycles. The Morgan fingerprint density at radius 3 is 2.19 bits per heavy atom. The van der Waals surface area contributed by atoms with E-state index in [1.807, 2.05) is 66.4 Å². The van der Waals surface area contributed by atoms with E-state index in [1.165, 1.54) is 11.3 Å². The van der Waals surface area contributed by atoms with Crippen molar-refractivity contribution in [2.75, 3.05) is 13.1 Å². The minimum Gasteiger partial charge on any atom is -0.343 e. The lowest BCUT2D eigenvalue weighted by Gasteiger charge is -2.32. The molecular formula is C27H32N2O3. The predicted molar refractivity (Wildman–Crippen MR) is 124 cm³/mol. The van der Waals surface area contributed by atoms with Crippen LogP contribution in [0.4, 0.5) is 0 Å². The van der Waals surface area contributed by atoms with Gasteiger partial charge < -0.3 is 4.90 Å². The van der Waals surface area contributed by atoms with Crippen molar-refractivity contribution in [2.45, 2.75) is 63.8 Å². The fourth-order valence-electron chi connectivity index (χ4n) is 5.15. The molecule has 2 saturated heterocycles. The van der Waals surface area contributed by atoms with Crippen LogP contribution in [0.3, 0.4) is 0 Å². The van der Waals surface area contributed by atoms with Gasteiger partial charge in [0.15, 0.2) is 0 Å². The van der Waals surface area contributed by atoms with Crippen molar-refractivity contribution in [3.63, 3.8) is 0 Å². The molecule has 1 atom stereocenters. The Kier molecular flexibility index (Phi) is 6.73. The van der Waals surface area contributed by atoms with Gasteiger partial charge in [0, 0.05) is 25.9 Å². The highest BCUT2D eigenvalue weighted by molar-refractivity contribution is 6.10. The second kappa shape index (κ2) is 9.68. The first kappa shape index (κ1) is 22.3. The number of likely N-dealkylation sites (tertiary alicyclic amines) is 2. The summed E-state index contributed by atoms with van der Waals surface area (Å²) in [6.45, 7) is 3.66. The van der Waals surface area contributed by atoms with E-state index in [1.54, 1.807) is 0 Å². The summed E-state index contributed by atoms with van der Waals surface area (Å²) in [4.78, 5) is 43.7. The number of imide groups is 1. The molecule has 4 rings (SSSR count). The first-order valence-electron chi connectivity index (χ1n) is 11.7. The molecule has 2 aromatic carbocycles. The Balaban J connectivity index is 1.66. The highest BCUT2D eigenvalue weighted by Gasteiger charge is 2.54. The fourth-order valence-corrected chi connectivity index (χ4v) is 5.15. The second-order valence-corrected chi connectivity index (χ2v) is 9.17. The quantitative estimate of drug-likeness (QED) is 0.659. The lowest BCUT2D eigenvalue weighted by molar-refractivity contribution is -0.143. The molecule has 2 aromatic rings. The molecule has 0 N–H and O–H groups in total. The molecule has 2 fully saturated rings. The van der Waals surface area contributed by atoms with E-state index in [9.17, 15) is 14.4 Å². The van der Waals surface area contributed by atoms with Gasteiger partial charge >= 0.3 is 0 Å². The maximum Gasteiger partial charge on any atom is 0.241 e. The van der Waals surface area contributed by atoms with E-state index < -0.39 is 5.41 Å². The third kappa shape index (κ3) is 4.47. The lowest BCUT2D eigenvalue weighted by atomic mass is 9.74.